The molecule has 0 spiro atoms. The normalized spacial score (nSPS) is 22.8. The van der Waals surface area contributed by atoms with Crippen molar-refractivity contribution in [3.8, 4) is 0 Å². The van der Waals surface area contributed by atoms with Gasteiger partial charge in [-0.25, -0.2) is 0 Å². The van der Waals surface area contributed by atoms with Gasteiger partial charge < -0.3 is 9.84 Å². The topological polar surface area (TPSA) is 32.7 Å². The molecule has 3 nitrogen and oxygen atoms in total. The molecule has 0 unspecified atom stereocenters. The molecular weight excluding hydrogens is 294 g/mol. The summed E-state index contributed by atoms with van der Waals surface area (Å²) in [6.07, 6.45) is -0.451. The van der Waals surface area contributed by atoms with Crippen LogP contribution in [-0.2, 0) is 11.3 Å². The van der Waals surface area contributed by atoms with E-state index in [1.54, 1.807) is 7.11 Å². The summed E-state index contributed by atoms with van der Waals surface area (Å²) in [6.45, 7) is 2.33. The van der Waals surface area contributed by atoms with Gasteiger partial charge in [-0.15, -0.1) is 11.3 Å². The minimum absolute atomic E-state index is 0.0680. The van der Waals surface area contributed by atoms with Crippen molar-refractivity contribution in [2.45, 2.75) is 18.8 Å². The average molecular weight is 313 g/mol. The first-order chi connectivity index (χ1) is 10.8. The minimum atomic E-state index is -0.383. The van der Waals surface area contributed by atoms with Gasteiger partial charge in [-0.3, -0.25) is 4.90 Å². The van der Waals surface area contributed by atoms with Crippen molar-refractivity contribution in [1.82, 2.24) is 4.90 Å². The predicted molar refractivity (Wildman–Crippen MR) is 91.4 cm³/mol. The Kier molecular flexibility index (Phi) is 3.62. The first-order valence-corrected chi connectivity index (χ1v) is 8.40. The van der Waals surface area contributed by atoms with E-state index in [4.69, 9.17) is 4.74 Å². The molecule has 1 aliphatic rings. The molecule has 0 amide bonds. The number of fused-ring (bicyclic) bond motifs is 3. The molecular formula is C18H19NO2S. The number of methoxy groups -OCH3 is 1. The Bertz CT molecular complexity index is 813. The van der Waals surface area contributed by atoms with Crippen LogP contribution >= 0.6 is 11.3 Å². The van der Waals surface area contributed by atoms with Gasteiger partial charge in [-0.05, 0) is 11.6 Å². The molecule has 0 bridgehead atoms. The Morgan fingerprint density at radius 2 is 1.95 bits per heavy atom. The van der Waals surface area contributed by atoms with E-state index in [1.165, 1.54) is 25.7 Å². The quantitative estimate of drug-likeness (QED) is 0.806. The van der Waals surface area contributed by atoms with Crippen molar-refractivity contribution in [1.29, 1.82) is 0 Å². The van der Waals surface area contributed by atoms with Crippen LogP contribution in [0.25, 0.3) is 20.2 Å². The summed E-state index contributed by atoms with van der Waals surface area (Å²) in [7, 11) is 1.67. The molecule has 1 fully saturated rings. The van der Waals surface area contributed by atoms with Crippen molar-refractivity contribution < 1.29 is 9.84 Å². The third kappa shape index (κ3) is 2.32. The monoisotopic (exact) mass is 313 g/mol. The SMILES string of the molecule is CO[C@H]1CN(Cc2cccc3c2sc2ccccc23)C[C@@H]1O. The molecule has 1 N–H and O–H groups in total. The van der Waals surface area contributed by atoms with E-state index < -0.39 is 0 Å². The number of nitrogens with zero attached hydrogens (tertiary/aromatic N) is 1. The summed E-state index contributed by atoms with van der Waals surface area (Å²) in [5.74, 6) is 0. The number of rotatable bonds is 3. The minimum Gasteiger partial charge on any atom is -0.389 e. The Hall–Kier alpha value is -1.46. The lowest BCUT2D eigenvalue weighted by molar-refractivity contribution is 0.0215. The van der Waals surface area contributed by atoms with E-state index in [1.807, 2.05) is 11.3 Å². The number of hydrogen-bond acceptors (Lipinski definition) is 4. The summed E-state index contributed by atoms with van der Waals surface area (Å²) in [5.41, 5.74) is 1.34. The molecule has 1 aliphatic heterocycles. The number of aliphatic hydroxyl groups excluding tert-OH is 1. The second-order valence-corrected chi connectivity index (χ2v) is 6.98. The van der Waals surface area contributed by atoms with Crippen molar-refractivity contribution in [3.05, 3.63) is 48.0 Å². The van der Waals surface area contributed by atoms with Gasteiger partial charge in [0.2, 0.25) is 0 Å². The highest BCUT2D eigenvalue weighted by Crippen LogP contribution is 2.36. The van der Waals surface area contributed by atoms with E-state index in [0.29, 0.717) is 6.54 Å². The number of benzene rings is 2. The predicted octanol–water partition coefficient (Wildman–Crippen LogP) is 3.25. The van der Waals surface area contributed by atoms with Crippen molar-refractivity contribution in [3.63, 3.8) is 0 Å². The maximum Gasteiger partial charge on any atom is 0.0969 e. The van der Waals surface area contributed by atoms with Gasteiger partial charge in [0.25, 0.3) is 0 Å². The molecule has 4 rings (SSSR count). The van der Waals surface area contributed by atoms with Gasteiger partial charge in [-0.1, -0.05) is 36.4 Å². The fraction of sp³-hybridized carbons (Fsp3) is 0.333. The van der Waals surface area contributed by atoms with E-state index in [2.05, 4.69) is 47.4 Å². The molecule has 4 heteroatoms. The Morgan fingerprint density at radius 3 is 2.77 bits per heavy atom. The smallest absolute Gasteiger partial charge is 0.0969 e. The first-order valence-electron chi connectivity index (χ1n) is 7.58. The number of hydrogen-bond donors (Lipinski definition) is 1. The zero-order valence-electron chi connectivity index (χ0n) is 12.5. The number of ether oxygens (including phenoxy) is 1. The summed E-state index contributed by atoms with van der Waals surface area (Å²) in [5, 5.41) is 12.7. The largest absolute Gasteiger partial charge is 0.389 e. The van der Waals surface area contributed by atoms with E-state index in [9.17, 15) is 5.11 Å². The highest BCUT2D eigenvalue weighted by Gasteiger charge is 2.31. The van der Waals surface area contributed by atoms with Gasteiger partial charge in [0.15, 0.2) is 0 Å². The third-order valence-electron chi connectivity index (χ3n) is 4.50. The van der Waals surface area contributed by atoms with Crippen LogP contribution < -0.4 is 0 Å². The Balaban J connectivity index is 1.70. The fourth-order valence-electron chi connectivity index (χ4n) is 3.36. The molecule has 0 radical (unpaired) electrons. The Labute approximate surface area is 133 Å². The summed E-state index contributed by atoms with van der Waals surface area (Å²) < 4.78 is 8.03. The van der Waals surface area contributed by atoms with Crippen molar-refractivity contribution in [2.24, 2.45) is 0 Å². The molecule has 0 saturated carbocycles. The van der Waals surface area contributed by atoms with Gasteiger partial charge in [0.1, 0.15) is 0 Å². The lowest BCUT2D eigenvalue weighted by Crippen LogP contribution is -2.25. The third-order valence-corrected chi connectivity index (χ3v) is 5.76. The van der Waals surface area contributed by atoms with Crippen LogP contribution in [0.4, 0.5) is 0 Å². The maximum absolute atomic E-state index is 10.0. The zero-order valence-corrected chi connectivity index (χ0v) is 13.3. The highest BCUT2D eigenvalue weighted by molar-refractivity contribution is 7.26. The number of thiophene rings is 1. The van der Waals surface area contributed by atoms with Crippen LogP contribution in [0.2, 0.25) is 0 Å². The second kappa shape index (κ2) is 5.63. The molecule has 2 aromatic carbocycles. The van der Waals surface area contributed by atoms with Crippen LogP contribution in [0.3, 0.4) is 0 Å². The lowest BCUT2D eigenvalue weighted by Gasteiger charge is -2.15. The first kappa shape index (κ1) is 14.2. The molecule has 2 atom stereocenters. The number of β-amino-alcohol motifs (C(OH)–C–C–N with tert-alkyl or cyclic N) is 1. The van der Waals surface area contributed by atoms with Crippen LogP contribution in [0.1, 0.15) is 5.56 Å². The van der Waals surface area contributed by atoms with E-state index >= 15 is 0 Å². The van der Waals surface area contributed by atoms with E-state index in [-0.39, 0.29) is 12.2 Å². The van der Waals surface area contributed by atoms with Crippen LogP contribution in [0.5, 0.6) is 0 Å². The molecule has 114 valence electrons. The van der Waals surface area contributed by atoms with Crippen molar-refractivity contribution in [2.75, 3.05) is 20.2 Å². The lowest BCUT2D eigenvalue weighted by atomic mass is 10.1. The number of likely N-dealkylation sites (tertiary alicyclic amines) is 1. The summed E-state index contributed by atoms with van der Waals surface area (Å²) in [6, 6.07) is 15.1. The molecule has 22 heavy (non-hydrogen) atoms. The zero-order chi connectivity index (χ0) is 15.1. The van der Waals surface area contributed by atoms with Gasteiger partial charge in [-0.2, -0.15) is 0 Å². The molecule has 2 heterocycles. The maximum atomic E-state index is 10.0. The van der Waals surface area contributed by atoms with Gasteiger partial charge in [0, 0.05) is 46.9 Å². The van der Waals surface area contributed by atoms with Crippen LogP contribution in [-0.4, -0.2) is 42.4 Å². The summed E-state index contributed by atoms with van der Waals surface area (Å²) >= 11 is 1.86. The van der Waals surface area contributed by atoms with Gasteiger partial charge >= 0.3 is 0 Å². The van der Waals surface area contributed by atoms with Crippen LogP contribution in [0, 0.1) is 0 Å². The molecule has 0 aliphatic carbocycles. The average Bonchev–Trinajstić information content (AvgIpc) is 3.08. The fourth-order valence-corrected chi connectivity index (χ4v) is 4.57. The van der Waals surface area contributed by atoms with E-state index in [0.717, 1.165) is 13.1 Å². The van der Waals surface area contributed by atoms with Crippen LogP contribution in [0.15, 0.2) is 42.5 Å². The highest BCUT2D eigenvalue weighted by atomic mass is 32.1. The summed E-state index contributed by atoms with van der Waals surface area (Å²) in [4.78, 5) is 2.28. The standard InChI is InChI=1S/C18H19NO2S/c1-21-16-11-19(10-15(16)20)9-12-5-4-7-14-13-6-2-3-8-17(13)22-18(12)14/h2-8,15-16,20H,9-11H2,1H3/t15-,16-/m0/s1. The molecule has 1 saturated heterocycles. The second-order valence-electron chi connectivity index (χ2n) is 5.93. The Morgan fingerprint density at radius 1 is 1.14 bits per heavy atom. The van der Waals surface area contributed by atoms with Crippen molar-refractivity contribution >= 4 is 31.5 Å². The van der Waals surface area contributed by atoms with Gasteiger partial charge in [0.05, 0.1) is 12.2 Å². The molecule has 3 aromatic rings. The number of aliphatic hydroxyl groups is 1. The molecule has 1 aromatic heterocycles.